The SMILES string of the molecule is CCOc1cc([C@@H]2[C@@H](c3ccccn3)N=C3SC[C@@H](CC)N32)cc(Br)c1OC. The molecule has 0 spiro atoms. The molecule has 1 aromatic carbocycles. The number of rotatable bonds is 6. The van der Waals surface area contributed by atoms with Crippen LogP contribution < -0.4 is 9.47 Å². The molecule has 5 nitrogen and oxygen atoms in total. The number of nitrogens with zero attached hydrogens (tertiary/aromatic N) is 3. The van der Waals surface area contributed by atoms with E-state index in [1.807, 2.05) is 37.0 Å². The zero-order valence-corrected chi connectivity index (χ0v) is 18.7. The Balaban J connectivity index is 1.82. The van der Waals surface area contributed by atoms with Crippen LogP contribution in [-0.2, 0) is 0 Å². The second-order valence-corrected chi connectivity index (χ2v) is 8.64. The summed E-state index contributed by atoms with van der Waals surface area (Å²) in [6.07, 6.45) is 2.93. The number of hydrogen-bond acceptors (Lipinski definition) is 6. The van der Waals surface area contributed by atoms with E-state index in [4.69, 9.17) is 14.5 Å². The molecule has 3 atom stereocenters. The molecule has 0 unspecified atom stereocenters. The van der Waals surface area contributed by atoms with Crippen molar-refractivity contribution in [1.82, 2.24) is 9.88 Å². The maximum atomic E-state index is 5.88. The zero-order valence-electron chi connectivity index (χ0n) is 16.3. The van der Waals surface area contributed by atoms with E-state index in [-0.39, 0.29) is 12.1 Å². The monoisotopic (exact) mass is 461 g/mol. The molecule has 2 aliphatic rings. The van der Waals surface area contributed by atoms with Gasteiger partial charge in [-0.1, -0.05) is 24.8 Å². The fraction of sp³-hybridized carbons (Fsp3) is 0.429. The molecule has 148 valence electrons. The summed E-state index contributed by atoms with van der Waals surface area (Å²) < 4.78 is 12.3. The van der Waals surface area contributed by atoms with E-state index in [1.165, 1.54) is 0 Å². The summed E-state index contributed by atoms with van der Waals surface area (Å²) in [6, 6.07) is 10.8. The molecule has 2 aromatic rings. The van der Waals surface area contributed by atoms with Crippen molar-refractivity contribution < 1.29 is 9.47 Å². The Kier molecular flexibility index (Phi) is 5.83. The van der Waals surface area contributed by atoms with Gasteiger partial charge >= 0.3 is 0 Å². The first kappa shape index (κ1) is 19.6. The number of amidine groups is 1. The highest BCUT2D eigenvalue weighted by Gasteiger charge is 2.45. The predicted octanol–water partition coefficient (Wildman–Crippen LogP) is 5.23. The van der Waals surface area contributed by atoms with Gasteiger partial charge in [-0.25, -0.2) is 0 Å². The van der Waals surface area contributed by atoms with Gasteiger partial charge in [0.15, 0.2) is 16.7 Å². The second-order valence-electron chi connectivity index (χ2n) is 6.80. The van der Waals surface area contributed by atoms with Gasteiger partial charge in [-0.05, 0) is 59.1 Å². The highest BCUT2D eigenvalue weighted by Crippen LogP contribution is 2.50. The first-order chi connectivity index (χ1) is 13.7. The molecule has 1 aromatic heterocycles. The van der Waals surface area contributed by atoms with E-state index in [1.54, 1.807) is 7.11 Å². The van der Waals surface area contributed by atoms with E-state index in [2.05, 4.69) is 50.9 Å². The van der Waals surface area contributed by atoms with Crippen molar-refractivity contribution in [1.29, 1.82) is 0 Å². The number of hydrogen-bond donors (Lipinski definition) is 0. The zero-order chi connectivity index (χ0) is 19.7. The topological polar surface area (TPSA) is 47.0 Å². The van der Waals surface area contributed by atoms with Crippen molar-refractivity contribution in [3.63, 3.8) is 0 Å². The van der Waals surface area contributed by atoms with Crippen molar-refractivity contribution in [3.05, 3.63) is 52.3 Å². The Morgan fingerprint density at radius 2 is 2.14 bits per heavy atom. The lowest BCUT2D eigenvalue weighted by Gasteiger charge is -2.32. The largest absolute Gasteiger partial charge is 0.492 e. The van der Waals surface area contributed by atoms with E-state index < -0.39 is 0 Å². The molecule has 0 amide bonds. The fourth-order valence-electron chi connectivity index (χ4n) is 3.93. The minimum Gasteiger partial charge on any atom is -0.492 e. The van der Waals surface area contributed by atoms with Gasteiger partial charge in [0.1, 0.15) is 6.04 Å². The molecule has 0 bridgehead atoms. The van der Waals surface area contributed by atoms with Crippen LogP contribution in [0.2, 0.25) is 0 Å². The van der Waals surface area contributed by atoms with Gasteiger partial charge in [-0.15, -0.1) is 0 Å². The van der Waals surface area contributed by atoms with Crippen LogP contribution >= 0.6 is 27.7 Å². The van der Waals surface area contributed by atoms with Crippen molar-refractivity contribution in [2.24, 2.45) is 4.99 Å². The molecular weight excluding hydrogens is 438 g/mol. The number of thioether (sulfide) groups is 1. The number of aromatic nitrogens is 1. The number of fused-ring (bicyclic) bond motifs is 1. The molecule has 2 aliphatic heterocycles. The highest BCUT2D eigenvalue weighted by molar-refractivity contribution is 9.10. The Labute approximate surface area is 178 Å². The van der Waals surface area contributed by atoms with Crippen LogP contribution in [0.1, 0.15) is 43.6 Å². The molecule has 0 aliphatic carbocycles. The van der Waals surface area contributed by atoms with Crippen molar-refractivity contribution in [3.8, 4) is 11.5 Å². The van der Waals surface area contributed by atoms with Crippen LogP contribution in [0.25, 0.3) is 0 Å². The van der Waals surface area contributed by atoms with Crippen LogP contribution in [0.3, 0.4) is 0 Å². The summed E-state index contributed by atoms with van der Waals surface area (Å²) in [5.41, 5.74) is 2.15. The lowest BCUT2D eigenvalue weighted by atomic mass is 9.95. The molecular formula is C21H24BrN3O2S. The summed E-state index contributed by atoms with van der Waals surface area (Å²) in [7, 11) is 1.67. The molecule has 3 heterocycles. The standard InChI is InChI=1S/C21H24BrN3O2S/c1-4-14-12-28-21-24-18(16-8-6-7-9-23-16)19(25(14)21)13-10-15(22)20(26-3)17(11-13)27-5-2/h6-11,14,18-19H,4-5,12H2,1-3H3/t14-,18-,19-/m1/s1. The summed E-state index contributed by atoms with van der Waals surface area (Å²) in [5, 5.41) is 1.12. The van der Waals surface area contributed by atoms with Gasteiger partial charge in [0, 0.05) is 18.0 Å². The normalized spacial score (nSPS) is 23.5. The number of halogens is 1. The van der Waals surface area contributed by atoms with Crippen LogP contribution in [-0.4, -0.2) is 40.6 Å². The first-order valence-electron chi connectivity index (χ1n) is 9.58. The Bertz CT molecular complexity index is 877. The summed E-state index contributed by atoms with van der Waals surface area (Å²) >= 11 is 5.52. The summed E-state index contributed by atoms with van der Waals surface area (Å²) in [4.78, 5) is 12.2. The molecule has 1 saturated heterocycles. The number of ether oxygens (including phenoxy) is 2. The molecule has 0 N–H and O–H groups in total. The van der Waals surface area contributed by atoms with Crippen LogP contribution in [0.15, 0.2) is 46.0 Å². The third kappa shape index (κ3) is 3.39. The van der Waals surface area contributed by atoms with Gasteiger partial charge < -0.3 is 14.4 Å². The van der Waals surface area contributed by atoms with Crippen LogP contribution in [0.4, 0.5) is 0 Å². The first-order valence-corrected chi connectivity index (χ1v) is 11.4. The van der Waals surface area contributed by atoms with Gasteiger partial charge in [0.25, 0.3) is 0 Å². The Morgan fingerprint density at radius 3 is 2.82 bits per heavy atom. The maximum absolute atomic E-state index is 5.88. The van der Waals surface area contributed by atoms with Crippen molar-refractivity contribution >= 4 is 32.9 Å². The Hall–Kier alpha value is -1.73. The van der Waals surface area contributed by atoms with E-state index in [0.717, 1.165) is 44.6 Å². The van der Waals surface area contributed by atoms with Crippen molar-refractivity contribution in [2.45, 2.75) is 38.4 Å². The molecule has 0 radical (unpaired) electrons. The summed E-state index contributed by atoms with van der Waals surface area (Å²) in [6.45, 7) is 4.81. The van der Waals surface area contributed by atoms with E-state index in [9.17, 15) is 0 Å². The minimum absolute atomic E-state index is 0.0344. The fourth-order valence-corrected chi connectivity index (χ4v) is 5.89. The third-order valence-corrected chi connectivity index (χ3v) is 6.92. The van der Waals surface area contributed by atoms with Gasteiger partial charge in [0.05, 0.1) is 29.9 Å². The lowest BCUT2D eigenvalue weighted by Crippen LogP contribution is -2.35. The van der Waals surface area contributed by atoms with E-state index in [0.29, 0.717) is 12.6 Å². The average Bonchev–Trinajstić information content (AvgIpc) is 3.27. The highest BCUT2D eigenvalue weighted by atomic mass is 79.9. The van der Waals surface area contributed by atoms with Crippen LogP contribution in [0.5, 0.6) is 11.5 Å². The summed E-state index contributed by atoms with van der Waals surface area (Å²) in [5.74, 6) is 2.56. The average molecular weight is 462 g/mol. The third-order valence-electron chi connectivity index (χ3n) is 5.21. The Morgan fingerprint density at radius 1 is 1.29 bits per heavy atom. The number of benzene rings is 1. The number of methoxy groups -OCH3 is 1. The molecule has 1 fully saturated rings. The molecule has 0 saturated carbocycles. The number of aliphatic imine (C=N–C) groups is 1. The predicted molar refractivity (Wildman–Crippen MR) is 117 cm³/mol. The van der Waals surface area contributed by atoms with Gasteiger partial charge in [-0.3, -0.25) is 9.98 Å². The van der Waals surface area contributed by atoms with Crippen molar-refractivity contribution in [2.75, 3.05) is 19.5 Å². The quantitative estimate of drug-likeness (QED) is 0.588. The molecule has 4 rings (SSSR count). The molecule has 28 heavy (non-hydrogen) atoms. The van der Waals surface area contributed by atoms with E-state index >= 15 is 0 Å². The minimum atomic E-state index is -0.0344. The number of pyridine rings is 1. The van der Waals surface area contributed by atoms with Gasteiger partial charge in [0.2, 0.25) is 0 Å². The maximum Gasteiger partial charge on any atom is 0.174 e. The lowest BCUT2D eigenvalue weighted by molar-refractivity contribution is 0.253. The van der Waals surface area contributed by atoms with Crippen LogP contribution in [0, 0.1) is 0 Å². The molecule has 7 heteroatoms. The van der Waals surface area contributed by atoms with Gasteiger partial charge in [-0.2, -0.15) is 0 Å². The second kappa shape index (κ2) is 8.33. The smallest absolute Gasteiger partial charge is 0.174 e.